The molecule has 0 heterocycles. The third-order valence-corrected chi connectivity index (χ3v) is 4.68. The molecule has 0 aliphatic rings. The van der Waals surface area contributed by atoms with Gasteiger partial charge in [-0.1, -0.05) is 18.2 Å². The first-order chi connectivity index (χ1) is 10.2. The van der Waals surface area contributed by atoms with E-state index in [4.69, 9.17) is 4.74 Å². The molecule has 0 fully saturated rings. The number of aryl methyl sites for hydroxylation is 1. The molecular formula is C17H20FNOS. The first-order valence-corrected chi connectivity index (χ1v) is 7.83. The Morgan fingerprint density at radius 3 is 2.67 bits per heavy atom. The van der Waals surface area contributed by atoms with Crippen molar-refractivity contribution in [3.8, 4) is 5.75 Å². The smallest absolute Gasteiger partial charge is 0.123 e. The van der Waals surface area contributed by atoms with Crippen LogP contribution < -0.4 is 10.1 Å². The first-order valence-electron chi connectivity index (χ1n) is 6.85. The van der Waals surface area contributed by atoms with Crippen LogP contribution in [0.1, 0.15) is 17.2 Å². The van der Waals surface area contributed by atoms with E-state index in [2.05, 4.69) is 24.4 Å². The maximum Gasteiger partial charge on any atom is 0.123 e. The second-order valence-corrected chi connectivity index (χ2v) is 5.87. The molecule has 1 N–H and O–H groups in total. The van der Waals surface area contributed by atoms with Gasteiger partial charge in [0.05, 0.1) is 7.11 Å². The number of ether oxygens (including phenoxy) is 1. The van der Waals surface area contributed by atoms with E-state index in [1.807, 2.05) is 19.2 Å². The third-order valence-electron chi connectivity index (χ3n) is 3.41. The summed E-state index contributed by atoms with van der Waals surface area (Å²) in [4.78, 5) is 1.24. The fourth-order valence-electron chi connectivity index (χ4n) is 2.20. The van der Waals surface area contributed by atoms with Crippen molar-refractivity contribution in [3.63, 3.8) is 0 Å². The summed E-state index contributed by atoms with van der Waals surface area (Å²) in [5, 5.41) is 3.24. The lowest BCUT2D eigenvalue weighted by Gasteiger charge is -2.19. The van der Waals surface area contributed by atoms with E-state index in [0.29, 0.717) is 5.75 Å². The molecular weight excluding hydrogens is 285 g/mol. The molecule has 0 aliphatic heterocycles. The van der Waals surface area contributed by atoms with Crippen molar-refractivity contribution in [1.29, 1.82) is 0 Å². The number of nitrogens with one attached hydrogen (secondary N) is 1. The molecule has 2 nitrogen and oxygen atoms in total. The number of rotatable bonds is 6. The molecule has 0 saturated heterocycles. The van der Waals surface area contributed by atoms with Gasteiger partial charge in [-0.15, -0.1) is 11.8 Å². The molecule has 21 heavy (non-hydrogen) atoms. The maximum absolute atomic E-state index is 13.5. The molecule has 0 bridgehead atoms. The van der Waals surface area contributed by atoms with Crippen molar-refractivity contribution >= 4 is 11.8 Å². The van der Waals surface area contributed by atoms with Gasteiger partial charge in [-0.05, 0) is 43.8 Å². The summed E-state index contributed by atoms with van der Waals surface area (Å²) in [5.74, 6) is 1.27. The third kappa shape index (κ3) is 3.99. The quantitative estimate of drug-likeness (QED) is 0.808. The summed E-state index contributed by atoms with van der Waals surface area (Å²) in [5.41, 5.74) is 2.10. The molecule has 2 aromatic rings. The van der Waals surface area contributed by atoms with E-state index in [1.54, 1.807) is 31.0 Å². The molecule has 112 valence electrons. The minimum absolute atomic E-state index is 0.0280. The Morgan fingerprint density at radius 2 is 2.00 bits per heavy atom. The fourth-order valence-corrected chi connectivity index (χ4v) is 3.36. The van der Waals surface area contributed by atoms with E-state index >= 15 is 0 Å². The Bertz CT molecular complexity index is 603. The summed E-state index contributed by atoms with van der Waals surface area (Å²) in [6, 6.07) is 12.9. The average molecular weight is 305 g/mol. The zero-order chi connectivity index (χ0) is 15.2. The van der Waals surface area contributed by atoms with Crippen LogP contribution in [0.25, 0.3) is 0 Å². The minimum Gasteiger partial charge on any atom is -0.496 e. The minimum atomic E-state index is -0.244. The van der Waals surface area contributed by atoms with Crippen molar-refractivity contribution in [2.75, 3.05) is 19.9 Å². The van der Waals surface area contributed by atoms with E-state index in [9.17, 15) is 4.39 Å². The normalized spacial score (nSPS) is 12.2. The van der Waals surface area contributed by atoms with Crippen LogP contribution in [0.3, 0.4) is 0 Å². The number of methoxy groups -OCH3 is 1. The van der Waals surface area contributed by atoms with Gasteiger partial charge in [-0.25, -0.2) is 4.39 Å². The van der Waals surface area contributed by atoms with Gasteiger partial charge in [0.2, 0.25) is 0 Å². The predicted octanol–water partition coefficient (Wildman–Crippen LogP) is 4.20. The van der Waals surface area contributed by atoms with Crippen LogP contribution in [0.2, 0.25) is 0 Å². The topological polar surface area (TPSA) is 21.3 Å². The maximum atomic E-state index is 13.5. The molecule has 2 aromatic carbocycles. The van der Waals surface area contributed by atoms with Crippen LogP contribution in [-0.2, 0) is 0 Å². The molecule has 0 amide bonds. The Labute approximate surface area is 129 Å². The molecule has 0 aliphatic carbocycles. The highest BCUT2D eigenvalue weighted by atomic mass is 32.2. The molecule has 4 heteroatoms. The fraction of sp³-hybridized carbons (Fsp3) is 0.294. The van der Waals surface area contributed by atoms with Crippen molar-refractivity contribution in [3.05, 3.63) is 59.4 Å². The van der Waals surface area contributed by atoms with Gasteiger partial charge in [0.1, 0.15) is 11.6 Å². The lowest BCUT2D eigenvalue weighted by atomic mass is 10.1. The number of hydrogen-bond donors (Lipinski definition) is 1. The predicted molar refractivity (Wildman–Crippen MR) is 86.7 cm³/mol. The second-order valence-electron chi connectivity index (χ2n) is 4.80. The zero-order valence-corrected chi connectivity index (χ0v) is 13.3. The zero-order valence-electron chi connectivity index (χ0n) is 12.5. The van der Waals surface area contributed by atoms with Crippen LogP contribution in [0.5, 0.6) is 5.75 Å². The SMILES string of the molecule is CNC(CSc1ccccc1C)c1cc(F)ccc1OC. The highest BCUT2D eigenvalue weighted by Gasteiger charge is 2.16. The van der Waals surface area contributed by atoms with Gasteiger partial charge in [0.25, 0.3) is 0 Å². The Balaban J connectivity index is 2.17. The first kappa shape index (κ1) is 15.9. The summed E-state index contributed by atoms with van der Waals surface area (Å²) in [7, 11) is 3.49. The van der Waals surface area contributed by atoms with Gasteiger partial charge in [-0.2, -0.15) is 0 Å². The molecule has 0 spiro atoms. The largest absolute Gasteiger partial charge is 0.496 e. The summed E-state index contributed by atoms with van der Waals surface area (Å²) in [6.45, 7) is 2.10. The van der Waals surface area contributed by atoms with E-state index < -0.39 is 0 Å². The van der Waals surface area contributed by atoms with Crippen molar-refractivity contribution < 1.29 is 9.13 Å². The summed E-state index contributed by atoms with van der Waals surface area (Å²) < 4.78 is 18.9. The molecule has 0 radical (unpaired) electrons. The number of thioether (sulfide) groups is 1. The number of halogens is 1. The summed E-state index contributed by atoms with van der Waals surface area (Å²) in [6.07, 6.45) is 0. The lowest BCUT2D eigenvalue weighted by molar-refractivity contribution is 0.402. The van der Waals surface area contributed by atoms with E-state index in [1.165, 1.54) is 16.5 Å². The van der Waals surface area contributed by atoms with Crippen LogP contribution in [0, 0.1) is 12.7 Å². The highest BCUT2D eigenvalue weighted by molar-refractivity contribution is 7.99. The van der Waals surface area contributed by atoms with Crippen molar-refractivity contribution in [2.45, 2.75) is 17.9 Å². The second kappa shape index (κ2) is 7.48. The highest BCUT2D eigenvalue weighted by Crippen LogP contribution is 2.31. The molecule has 0 saturated carbocycles. The van der Waals surface area contributed by atoms with Gasteiger partial charge in [0.15, 0.2) is 0 Å². The van der Waals surface area contributed by atoms with Crippen molar-refractivity contribution in [1.82, 2.24) is 5.32 Å². The van der Waals surface area contributed by atoms with Gasteiger partial charge in [-0.3, -0.25) is 0 Å². The Kier molecular flexibility index (Phi) is 5.65. The monoisotopic (exact) mass is 305 g/mol. The van der Waals surface area contributed by atoms with Crippen LogP contribution in [0.4, 0.5) is 4.39 Å². The molecule has 1 atom stereocenters. The van der Waals surface area contributed by atoms with Crippen LogP contribution in [-0.4, -0.2) is 19.9 Å². The molecule has 2 rings (SSSR count). The Morgan fingerprint density at radius 1 is 1.24 bits per heavy atom. The van der Waals surface area contributed by atoms with Gasteiger partial charge < -0.3 is 10.1 Å². The van der Waals surface area contributed by atoms with Crippen LogP contribution in [0.15, 0.2) is 47.4 Å². The Hall–Kier alpha value is -1.52. The average Bonchev–Trinajstić information content (AvgIpc) is 2.50. The molecule has 0 aromatic heterocycles. The van der Waals surface area contributed by atoms with E-state index in [-0.39, 0.29) is 11.9 Å². The van der Waals surface area contributed by atoms with Crippen LogP contribution >= 0.6 is 11.8 Å². The van der Waals surface area contributed by atoms with Crippen molar-refractivity contribution in [2.24, 2.45) is 0 Å². The standard InChI is InChI=1S/C17H20FNOS/c1-12-6-4-5-7-17(12)21-11-15(19-2)14-10-13(18)8-9-16(14)20-3/h4-10,15,19H,11H2,1-3H3. The lowest BCUT2D eigenvalue weighted by Crippen LogP contribution is -2.19. The number of benzene rings is 2. The van der Waals surface area contributed by atoms with Gasteiger partial charge in [0, 0.05) is 22.3 Å². The van der Waals surface area contributed by atoms with Gasteiger partial charge >= 0.3 is 0 Å². The van der Waals surface area contributed by atoms with E-state index in [0.717, 1.165) is 11.3 Å². The summed E-state index contributed by atoms with van der Waals surface area (Å²) >= 11 is 1.76. The molecule has 1 unspecified atom stereocenters. The number of hydrogen-bond acceptors (Lipinski definition) is 3.